The highest BCUT2D eigenvalue weighted by Gasteiger charge is 2.52. The van der Waals surface area contributed by atoms with Crippen molar-refractivity contribution in [2.24, 2.45) is 0 Å². The van der Waals surface area contributed by atoms with E-state index in [1.54, 1.807) is 0 Å². The summed E-state index contributed by atoms with van der Waals surface area (Å²) in [6.45, 7) is 0. The van der Waals surface area contributed by atoms with Gasteiger partial charge in [0.05, 0.1) is 21.9 Å². The molecule has 326 valence electrons. The molecule has 1 heterocycles. The quantitative estimate of drug-likeness (QED) is 0.161. The molecule has 0 saturated carbocycles. The van der Waals surface area contributed by atoms with Crippen molar-refractivity contribution >= 4 is 38.9 Å². The Kier molecular flexibility index (Phi) is 8.24. The molecule has 2 heteroatoms. The lowest BCUT2D eigenvalue weighted by Gasteiger charge is -2.34. The summed E-state index contributed by atoms with van der Waals surface area (Å²) in [4.78, 5) is 2.47. The van der Waals surface area contributed by atoms with Crippen LogP contribution in [0.2, 0.25) is 0 Å². The Morgan fingerprint density at radius 1 is 0.257 bits per heavy atom. The van der Waals surface area contributed by atoms with Crippen LogP contribution in [0.3, 0.4) is 0 Å². The van der Waals surface area contributed by atoms with Gasteiger partial charge < -0.3 is 9.47 Å². The van der Waals surface area contributed by atoms with Crippen molar-refractivity contribution in [2.75, 3.05) is 4.90 Å². The third-order valence-corrected chi connectivity index (χ3v) is 15.9. The number of fused-ring (bicyclic) bond motifs is 16. The highest BCUT2D eigenvalue weighted by molar-refractivity contribution is 6.09. The molecule has 0 fully saturated rings. The third-order valence-electron chi connectivity index (χ3n) is 15.9. The smallest absolute Gasteiger partial charge is 0.0725 e. The molecule has 0 N–H and O–H groups in total. The van der Waals surface area contributed by atoms with E-state index in [0.717, 1.165) is 22.7 Å². The summed E-state index contributed by atoms with van der Waals surface area (Å²) < 4.78 is 2.42. The van der Waals surface area contributed by atoms with Crippen LogP contribution < -0.4 is 4.90 Å². The van der Waals surface area contributed by atoms with Gasteiger partial charge in [-0.3, -0.25) is 0 Å². The molecule has 0 amide bonds. The molecule has 3 aliphatic rings. The monoisotopic (exact) mass is 888 g/mol. The van der Waals surface area contributed by atoms with Gasteiger partial charge in [0.15, 0.2) is 0 Å². The van der Waals surface area contributed by atoms with E-state index >= 15 is 0 Å². The Hall–Kier alpha value is -8.98. The Morgan fingerprint density at radius 2 is 0.657 bits per heavy atom. The number of rotatable bonds is 6. The third kappa shape index (κ3) is 5.12. The second-order valence-electron chi connectivity index (χ2n) is 19.1. The molecule has 12 aromatic rings. The summed E-state index contributed by atoms with van der Waals surface area (Å²) in [6.07, 6.45) is 0. The van der Waals surface area contributed by atoms with E-state index in [-0.39, 0.29) is 0 Å². The summed E-state index contributed by atoms with van der Waals surface area (Å²) in [5, 5.41) is 2.50. The van der Waals surface area contributed by atoms with Crippen LogP contribution in [0.5, 0.6) is 0 Å². The van der Waals surface area contributed by atoms with E-state index in [1.807, 2.05) is 0 Å². The molecule has 3 aliphatic carbocycles. The Morgan fingerprint density at radius 3 is 1.20 bits per heavy atom. The van der Waals surface area contributed by atoms with Gasteiger partial charge in [-0.2, -0.15) is 0 Å². The number of hydrogen-bond acceptors (Lipinski definition) is 1. The normalized spacial score (nSPS) is 13.9. The van der Waals surface area contributed by atoms with Gasteiger partial charge in [-0.25, -0.2) is 0 Å². The van der Waals surface area contributed by atoms with E-state index in [9.17, 15) is 0 Å². The topological polar surface area (TPSA) is 8.17 Å². The van der Waals surface area contributed by atoms with Gasteiger partial charge in [0, 0.05) is 33.5 Å². The SMILES string of the molecule is c1ccc(C2(c3ccc(N(c4cccc(-n5c6ccccc6c6ccccc65)c4)c4ccc5c(c4)-c4ccccc4C54c5ccccc5-c5ccccc54)cc3)c3ccccc3-c3ccccc32)cc1. The van der Waals surface area contributed by atoms with Crippen molar-refractivity contribution in [3.63, 3.8) is 0 Å². The zero-order valence-corrected chi connectivity index (χ0v) is 38.3. The molecule has 1 aromatic heterocycles. The maximum atomic E-state index is 2.47. The molecule has 0 unspecified atom stereocenters. The minimum atomic E-state index is -0.492. The van der Waals surface area contributed by atoms with Gasteiger partial charge in [-0.15, -0.1) is 0 Å². The highest BCUT2D eigenvalue weighted by atomic mass is 15.1. The van der Waals surface area contributed by atoms with E-state index in [0.29, 0.717) is 0 Å². The number of aromatic nitrogens is 1. The number of para-hydroxylation sites is 2. The van der Waals surface area contributed by atoms with Gasteiger partial charge in [-0.1, -0.05) is 212 Å². The summed E-state index contributed by atoms with van der Waals surface area (Å²) in [6, 6.07) is 99.7. The summed E-state index contributed by atoms with van der Waals surface area (Å²) in [7, 11) is 0. The van der Waals surface area contributed by atoms with Crippen molar-refractivity contribution < 1.29 is 0 Å². The van der Waals surface area contributed by atoms with Gasteiger partial charge in [0.2, 0.25) is 0 Å². The van der Waals surface area contributed by atoms with Crippen LogP contribution >= 0.6 is 0 Å². The predicted molar refractivity (Wildman–Crippen MR) is 289 cm³/mol. The molecule has 0 bridgehead atoms. The molecule has 11 aromatic carbocycles. The summed E-state index contributed by atoms with van der Waals surface area (Å²) >= 11 is 0. The van der Waals surface area contributed by atoms with Gasteiger partial charge in [0.25, 0.3) is 0 Å². The molecular formula is C68H44N2. The molecule has 0 atom stereocenters. The second kappa shape index (κ2) is 14.8. The van der Waals surface area contributed by atoms with Gasteiger partial charge >= 0.3 is 0 Å². The summed E-state index contributed by atoms with van der Waals surface area (Å²) in [5.74, 6) is 0. The van der Waals surface area contributed by atoms with E-state index in [1.165, 1.54) is 99.7 Å². The van der Waals surface area contributed by atoms with E-state index in [4.69, 9.17) is 0 Å². The first kappa shape index (κ1) is 39.1. The second-order valence-corrected chi connectivity index (χ2v) is 19.1. The number of anilines is 3. The lowest BCUT2D eigenvalue weighted by atomic mass is 9.68. The fourth-order valence-corrected chi connectivity index (χ4v) is 13.2. The molecule has 0 saturated heterocycles. The van der Waals surface area contributed by atoms with Crippen LogP contribution in [-0.2, 0) is 10.8 Å². The van der Waals surface area contributed by atoms with E-state index < -0.39 is 10.8 Å². The Balaban J connectivity index is 0.960. The van der Waals surface area contributed by atoms with Crippen LogP contribution in [0.4, 0.5) is 17.1 Å². The van der Waals surface area contributed by atoms with Gasteiger partial charge in [-0.05, 0) is 132 Å². The summed E-state index contributed by atoms with van der Waals surface area (Å²) in [5.41, 5.74) is 24.1. The first-order valence-corrected chi connectivity index (χ1v) is 24.4. The zero-order chi connectivity index (χ0) is 46.0. The fraction of sp³-hybridized carbons (Fsp3) is 0.0294. The van der Waals surface area contributed by atoms with Gasteiger partial charge in [0.1, 0.15) is 0 Å². The molecule has 2 nitrogen and oxygen atoms in total. The predicted octanol–water partition coefficient (Wildman–Crippen LogP) is 17.0. The van der Waals surface area contributed by atoms with Crippen LogP contribution in [0.25, 0.3) is 60.9 Å². The van der Waals surface area contributed by atoms with Crippen LogP contribution in [-0.4, -0.2) is 4.57 Å². The van der Waals surface area contributed by atoms with Crippen molar-refractivity contribution in [1.82, 2.24) is 4.57 Å². The van der Waals surface area contributed by atoms with Crippen LogP contribution in [0, 0.1) is 0 Å². The maximum Gasteiger partial charge on any atom is 0.0725 e. The molecule has 70 heavy (non-hydrogen) atoms. The molecule has 1 spiro atoms. The highest BCUT2D eigenvalue weighted by Crippen LogP contribution is 2.63. The first-order valence-electron chi connectivity index (χ1n) is 24.4. The number of hydrogen-bond donors (Lipinski definition) is 0. The van der Waals surface area contributed by atoms with Crippen molar-refractivity contribution in [3.05, 3.63) is 311 Å². The lowest BCUT2D eigenvalue weighted by Crippen LogP contribution is -2.28. The Bertz CT molecular complexity index is 3940. The first-order chi connectivity index (χ1) is 34.7. The van der Waals surface area contributed by atoms with Crippen molar-refractivity contribution in [3.8, 4) is 39.1 Å². The lowest BCUT2D eigenvalue weighted by molar-refractivity contribution is 0.768. The zero-order valence-electron chi connectivity index (χ0n) is 38.3. The fourth-order valence-electron chi connectivity index (χ4n) is 13.2. The van der Waals surface area contributed by atoms with E-state index in [2.05, 4.69) is 276 Å². The minimum Gasteiger partial charge on any atom is -0.310 e. The molecule has 15 rings (SSSR count). The molecule has 0 radical (unpaired) electrons. The standard InChI is InChI=1S/C68H44N2/c1-2-19-45(20-3-1)67(59-30-11-4-23-51(59)52-24-5-12-31-60(52)67)46-37-39-47(40-38-46)69(48-21-18-22-49(43-48)70-65-35-16-9-28-56(65)57-29-10-17-36-66(57)70)50-41-42-64-58(44-50)55-27-8-15-34-63(55)68(64)61-32-13-6-25-53(61)54-26-7-14-33-62(54)68/h1-44H. The van der Waals surface area contributed by atoms with Crippen LogP contribution in [0.1, 0.15) is 44.5 Å². The average molecular weight is 889 g/mol. The average Bonchev–Trinajstić information content (AvgIpc) is 4.13. The van der Waals surface area contributed by atoms with Crippen molar-refractivity contribution in [1.29, 1.82) is 0 Å². The Labute approximate surface area is 407 Å². The van der Waals surface area contributed by atoms with Crippen LogP contribution in [0.15, 0.2) is 267 Å². The minimum absolute atomic E-state index is 0.416. The number of benzene rings is 11. The van der Waals surface area contributed by atoms with Crippen molar-refractivity contribution in [2.45, 2.75) is 10.8 Å². The molecular weight excluding hydrogens is 845 g/mol. The largest absolute Gasteiger partial charge is 0.310 e. The number of nitrogens with zero attached hydrogens (tertiary/aromatic N) is 2. The molecule has 0 aliphatic heterocycles. The maximum absolute atomic E-state index is 2.47.